The van der Waals surface area contributed by atoms with Crippen molar-refractivity contribution in [2.75, 3.05) is 45.5 Å². The van der Waals surface area contributed by atoms with E-state index in [1.807, 2.05) is 11.9 Å². The van der Waals surface area contributed by atoms with Gasteiger partial charge >= 0.3 is 12.2 Å². The first-order valence-corrected chi connectivity index (χ1v) is 15.9. The number of allylic oxidation sites excluding steroid dienone is 1. The summed E-state index contributed by atoms with van der Waals surface area (Å²) in [7, 11) is -1.94. The minimum Gasteiger partial charge on any atom is -0.318 e. The zero-order chi connectivity index (χ0) is 30.8. The minimum absolute atomic E-state index is 0.0471. The Kier molecular flexibility index (Phi) is 10.2. The lowest BCUT2D eigenvalue weighted by molar-refractivity contribution is -0.130. The Bertz CT molecular complexity index is 1450. The van der Waals surface area contributed by atoms with Crippen molar-refractivity contribution in [1.29, 1.82) is 0 Å². The van der Waals surface area contributed by atoms with Crippen LogP contribution in [0.25, 0.3) is 0 Å². The van der Waals surface area contributed by atoms with Crippen molar-refractivity contribution in [3.63, 3.8) is 0 Å². The standard InChI is InChI=1S/C27H32Cl2F3N5O4S/c1-3-42(40,41)22-7-6-17(28)11-16(22)13-37-25(38)19-12-21(27(30,31)32)20(23(29)24(19)35-26(37)39)15-36-10-4-5-18(14-36)34-9-8-33-2/h6-7,11-12,18-19,33-34H,3-5,8-10,13-15H2,1-2H3/t18-,19?/m0/s1. The van der Waals surface area contributed by atoms with E-state index in [-0.39, 0.29) is 50.1 Å². The Labute approximate surface area is 252 Å². The van der Waals surface area contributed by atoms with Crippen LogP contribution in [0.4, 0.5) is 18.0 Å². The number of halogens is 5. The van der Waals surface area contributed by atoms with E-state index in [1.165, 1.54) is 25.1 Å². The molecule has 1 fully saturated rings. The molecular weight excluding hydrogens is 618 g/mol. The second kappa shape index (κ2) is 13.1. The first kappa shape index (κ1) is 32.6. The minimum atomic E-state index is -4.83. The molecule has 42 heavy (non-hydrogen) atoms. The van der Waals surface area contributed by atoms with Gasteiger partial charge in [-0.15, -0.1) is 0 Å². The molecule has 1 aromatic rings. The van der Waals surface area contributed by atoms with Crippen molar-refractivity contribution in [2.45, 2.75) is 43.4 Å². The summed E-state index contributed by atoms with van der Waals surface area (Å²) in [5.41, 5.74) is -1.50. The van der Waals surface area contributed by atoms with E-state index in [9.17, 15) is 31.2 Å². The third-order valence-corrected chi connectivity index (χ3v) is 9.97. The van der Waals surface area contributed by atoms with E-state index in [4.69, 9.17) is 23.2 Å². The summed E-state index contributed by atoms with van der Waals surface area (Å²) in [6, 6.07) is 2.96. The van der Waals surface area contributed by atoms with Crippen molar-refractivity contribution in [3.05, 3.63) is 51.0 Å². The second-order valence-electron chi connectivity index (χ2n) is 10.3. The molecule has 230 valence electrons. The van der Waals surface area contributed by atoms with Crippen LogP contribution in [0.2, 0.25) is 5.02 Å². The first-order chi connectivity index (χ1) is 19.8. The molecule has 1 aromatic carbocycles. The molecule has 4 rings (SSSR count). The van der Waals surface area contributed by atoms with Gasteiger partial charge in [0.2, 0.25) is 5.91 Å². The van der Waals surface area contributed by atoms with Gasteiger partial charge in [0.05, 0.1) is 33.5 Å². The lowest BCUT2D eigenvalue weighted by Crippen LogP contribution is -2.49. The summed E-state index contributed by atoms with van der Waals surface area (Å²) in [4.78, 5) is 32.8. The van der Waals surface area contributed by atoms with E-state index in [2.05, 4.69) is 15.6 Å². The number of hydrogen-bond donors (Lipinski definition) is 2. The molecule has 2 atom stereocenters. The highest BCUT2D eigenvalue weighted by atomic mass is 35.5. The van der Waals surface area contributed by atoms with Gasteiger partial charge in [-0.2, -0.15) is 18.2 Å². The fourth-order valence-electron chi connectivity index (χ4n) is 5.35. The largest absolute Gasteiger partial charge is 0.416 e. The number of aliphatic imine (C=N–C) groups is 1. The van der Waals surface area contributed by atoms with Gasteiger partial charge < -0.3 is 10.6 Å². The van der Waals surface area contributed by atoms with E-state index in [1.54, 1.807) is 0 Å². The second-order valence-corrected chi connectivity index (χ2v) is 13.4. The molecule has 1 unspecified atom stereocenters. The number of nitrogens with one attached hydrogen (secondary N) is 2. The summed E-state index contributed by atoms with van der Waals surface area (Å²) >= 11 is 12.6. The van der Waals surface area contributed by atoms with Crippen LogP contribution in [0.1, 0.15) is 25.3 Å². The average Bonchev–Trinajstić information content (AvgIpc) is 2.92. The lowest BCUT2D eigenvalue weighted by Gasteiger charge is -2.37. The number of rotatable bonds is 10. The predicted octanol–water partition coefficient (Wildman–Crippen LogP) is 3.92. The van der Waals surface area contributed by atoms with Crippen LogP contribution in [0.15, 0.2) is 50.3 Å². The fraction of sp³-hybridized carbons (Fsp3) is 0.519. The molecule has 0 aromatic heterocycles. The SMILES string of the molecule is CCS(=O)(=O)c1ccc(Cl)cc1CN1C(=O)N=C2C(Cl)=C(CN3CCC[C@H](NCCNC)C3)C(C(F)(F)F)=CC2C1=O. The van der Waals surface area contributed by atoms with Crippen molar-refractivity contribution >= 4 is 50.7 Å². The third kappa shape index (κ3) is 7.08. The van der Waals surface area contributed by atoms with Crippen LogP contribution in [-0.2, 0) is 21.2 Å². The van der Waals surface area contributed by atoms with E-state index >= 15 is 0 Å². The van der Waals surface area contributed by atoms with E-state index in [0.717, 1.165) is 25.5 Å². The Balaban J connectivity index is 1.66. The maximum atomic E-state index is 14.4. The van der Waals surface area contributed by atoms with Gasteiger partial charge in [-0.25, -0.2) is 13.2 Å². The molecule has 2 heterocycles. The topological polar surface area (TPSA) is 111 Å². The number of likely N-dealkylation sites (N-methyl/N-ethyl adjacent to an activating group) is 1. The van der Waals surface area contributed by atoms with Crippen molar-refractivity contribution < 1.29 is 31.2 Å². The number of hydrogen-bond acceptors (Lipinski definition) is 7. The Morgan fingerprint density at radius 3 is 2.55 bits per heavy atom. The van der Waals surface area contributed by atoms with Crippen molar-refractivity contribution in [3.8, 4) is 0 Å². The number of benzene rings is 1. The molecule has 2 N–H and O–H groups in total. The molecule has 3 aliphatic rings. The summed E-state index contributed by atoms with van der Waals surface area (Å²) in [5.74, 6) is -2.81. The number of sulfone groups is 1. The molecule has 3 amide bonds. The molecule has 0 saturated carbocycles. The zero-order valence-corrected chi connectivity index (χ0v) is 25.4. The van der Waals surface area contributed by atoms with Gasteiger partial charge in [0.15, 0.2) is 9.84 Å². The number of fused-ring (bicyclic) bond motifs is 1. The smallest absolute Gasteiger partial charge is 0.318 e. The van der Waals surface area contributed by atoms with E-state index < -0.39 is 46.0 Å². The highest BCUT2D eigenvalue weighted by Gasteiger charge is 2.47. The van der Waals surface area contributed by atoms with Crippen molar-refractivity contribution in [1.82, 2.24) is 20.4 Å². The monoisotopic (exact) mass is 649 g/mol. The number of alkyl halides is 3. The van der Waals surface area contributed by atoms with Gasteiger partial charge in [0.1, 0.15) is 5.92 Å². The summed E-state index contributed by atoms with van der Waals surface area (Å²) in [6.07, 6.45) is -2.41. The number of amides is 3. The summed E-state index contributed by atoms with van der Waals surface area (Å²) in [6.45, 7) is 3.30. The lowest BCUT2D eigenvalue weighted by atomic mass is 9.85. The van der Waals surface area contributed by atoms with Gasteiger partial charge in [-0.3, -0.25) is 14.6 Å². The molecule has 0 bridgehead atoms. The molecule has 15 heteroatoms. The molecule has 9 nitrogen and oxygen atoms in total. The molecule has 0 radical (unpaired) electrons. The molecule has 2 aliphatic heterocycles. The van der Waals surface area contributed by atoms with Crippen LogP contribution in [0.5, 0.6) is 0 Å². The number of likely N-dealkylation sites (tertiary alicyclic amines) is 1. The molecular formula is C27H32Cl2F3N5O4S. The predicted molar refractivity (Wildman–Crippen MR) is 154 cm³/mol. The highest BCUT2D eigenvalue weighted by molar-refractivity contribution is 7.91. The summed E-state index contributed by atoms with van der Waals surface area (Å²) in [5, 5.41) is 6.21. The average molecular weight is 651 g/mol. The first-order valence-electron chi connectivity index (χ1n) is 13.5. The number of imide groups is 1. The maximum Gasteiger partial charge on any atom is 0.416 e. The van der Waals surface area contributed by atoms with Crippen LogP contribution >= 0.6 is 23.2 Å². The number of carbonyl (C=O) groups is 2. The third-order valence-electron chi connectivity index (χ3n) is 7.49. The van der Waals surface area contributed by atoms with Gasteiger partial charge in [-0.05, 0) is 55.8 Å². The number of piperidine rings is 1. The number of nitrogens with zero attached hydrogens (tertiary/aromatic N) is 3. The molecule has 1 saturated heterocycles. The number of urea groups is 1. The summed E-state index contributed by atoms with van der Waals surface area (Å²) < 4.78 is 68.3. The van der Waals surface area contributed by atoms with Gasteiger partial charge in [0.25, 0.3) is 0 Å². The maximum absolute atomic E-state index is 14.4. The van der Waals surface area contributed by atoms with Crippen LogP contribution in [0.3, 0.4) is 0 Å². The highest BCUT2D eigenvalue weighted by Crippen LogP contribution is 2.41. The number of carbonyl (C=O) groups excluding carboxylic acids is 2. The van der Waals surface area contributed by atoms with Crippen LogP contribution in [-0.4, -0.2) is 93.6 Å². The zero-order valence-electron chi connectivity index (χ0n) is 23.1. The molecule has 0 spiro atoms. The van der Waals surface area contributed by atoms with Gasteiger partial charge in [-0.1, -0.05) is 36.2 Å². The van der Waals surface area contributed by atoms with E-state index in [0.29, 0.717) is 24.5 Å². The Morgan fingerprint density at radius 1 is 1.14 bits per heavy atom. The molecule has 1 aliphatic carbocycles. The van der Waals surface area contributed by atoms with Crippen LogP contribution in [0, 0.1) is 5.92 Å². The van der Waals surface area contributed by atoms with Crippen molar-refractivity contribution in [2.24, 2.45) is 10.9 Å². The Hall–Kier alpha value is -2.29. The quantitative estimate of drug-likeness (QED) is 0.370. The fourth-order valence-corrected chi connectivity index (χ4v) is 6.97. The normalized spacial score (nSPS) is 22.3. The van der Waals surface area contributed by atoms with Crippen LogP contribution < -0.4 is 10.6 Å². The van der Waals surface area contributed by atoms with Gasteiger partial charge in [0, 0.05) is 37.2 Å². The Morgan fingerprint density at radius 2 is 1.88 bits per heavy atom.